The Balaban J connectivity index is 1.53. The van der Waals surface area contributed by atoms with E-state index in [4.69, 9.17) is 9.47 Å². The van der Waals surface area contributed by atoms with Gasteiger partial charge in [-0.05, 0) is 55.0 Å². The van der Waals surface area contributed by atoms with E-state index in [0.717, 1.165) is 19.3 Å². The summed E-state index contributed by atoms with van der Waals surface area (Å²) in [4.78, 5) is 24.2. The van der Waals surface area contributed by atoms with Gasteiger partial charge < -0.3 is 14.8 Å². The highest BCUT2D eigenvalue weighted by Gasteiger charge is 2.17. The molecule has 0 fully saturated rings. The smallest absolute Gasteiger partial charge is 0.411 e. The normalized spacial score (nSPS) is 11.1. The van der Waals surface area contributed by atoms with Crippen molar-refractivity contribution in [3.63, 3.8) is 0 Å². The lowest BCUT2D eigenvalue weighted by atomic mass is 10.0. The minimum absolute atomic E-state index is 0.0689. The van der Waals surface area contributed by atoms with Crippen molar-refractivity contribution in [1.29, 1.82) is 0 Å². The summed E-state index contributed by atoms with van der Waals surface area (Å²) in [7, 11) is -2.57. The van der Waals surface area contributed by atoms with Gasteiger partial charge in [0.25, 0.3) is 10.0 Å². The molecule has 0 heterocycles. The summed E-state index contributed by atoms with van der Waals surface area (Å²) in [5.41, 5.74) is 0.849. The Morgan fingerprint density at radius 1 is 0.659 bits per heavy atom. The Labute approximate surface area is 245 Å². The van der Waals surface area contributed by atoms with Crippen molar-refractivity contribution in [1.82, 2.24) is 4.72 Å². The second kappa shape index (κ2) is 19.7. The lowest BCUT2D eigenvalue weighted by molar-refractivity contribution is 0.159. The number of anilines is 2. The molecule has 0 aliphatic rings. The summed E-state index contributed by atoms with van der Waals surface area (Å²) in [5.74, 6) is 0.501. The number of carbonyl (C=O) groups excluding carboxylic acids is 2. The quantitative estimate of drug-likeness (QED) is 0.134. The van der Waals surface area contributed by atoms with Crippen molar-refractivity contribution in [2.24, 2.45) is 0 Å². The number of nitrogens with one attached hydrogen (secondary N) is 3. The zero-order valence-corrected chi connectivity index (χ0v) is 25.4. The molecule has 2 rings (SSSR count). The average Bonchev–Trinajstić information content (AvgIpc) is 2.96. The van der Waals surface area contributed by atoms with Crippen LogP contribution in [0, 0.1) is 0 Å². The Morgan fingerprint density at radius 3 is 1.61 bits per heavy atom. The van der Waals surface area contributed by atoms with Crippen LogP contribution < -0.4 is 20.1 Å². The first-order valence-electron chi connectivity index (χ1n) is 14.9. The molecule has 0 aliphatic carbocycles. The van der Waals surface area contributed by atoms with Crippen LogP contribution in [0.5, 0.6) is 5.75 Å². The molecule has 2 aromatic rings. The summed E-state index contributed by atoms with van der Waals surface area (Å²) in [6.07, 6.45) is 17.2. The number of amides is 3. The number of rotatable bonds is 20. The van der Waals surface area contributed by atoms with Gasteiger partial charge in [-0.15, -0.1) is 0 Å². The summed E-state index contributed by atoms with van der Waals surface area (Å²) in [6.45, 7) is 2.62. The third-order valence-corrected chi connectivity index (χ3v) is 8.06. The van der Waals surface area contributed by atoms with Crippen LogP contribution in [-0.4, -0.2) is 34.3 Å². The maximum absolute atomic E-state index is 12.4. The van der Waals surface area contributed by atoms with Crippen LogP contribution >= 0.6 is 0 Å². The average molecular weight is 590 g/mol. The molecule has 3 N–H and O–H groups in total. The largest absolute Gasteiger partial charge is 0.497 e. The topological polar surface area (TPSA) is 123 Å². The molecule has 3 amide bonds. The van der Waals surface area contributed by atoms with Crippen LogP contribution in [0.15, 0.2) is 53.4 Å². The molecule has 0 aromatic heterocycles. The third-order valence-electron chi connectivity index (χ3n) is 6.72. The van der Waals surface area contributed by atoms with Gasteiger partial charge in [-0.1, -0.05) is 90.4 Å². The SMILES string of the molecule is CCCCCCCCCCCCCCCCOC(=O)Nc1ccc(NC(=O)NS(=O)(=O)c2ccc(OC)cc2)cc1. The van der Waals surface area contributed by atoms with E-state index in [2.05, 4.69) is 17.6 Å². The molecule has 0 unspecified atom stereocenters. The molecular formula is C31H47N3O6S. The van der Waals surface area contributed by atoms with Crippen molar-refractivity contribution < 1.29 is 27.5 Å². The van der Waals surface area contributed by atoms with Crippen LogP contribution in [-0.2, 0) is 14.8 Å². The molecule has 0 radical (unpaired) electrons. The van der Waals surface area contributed by atoms with Crippen molar-refractivity contribution in [2.75, 3.05) is 24.4 Å². The maximum Gasteiger partial charge on any atom is 0.411 e. The standard InChI is InChI=1S/C31H47N3O6S/c1-3-4-5-6-7-8-9-10-11-12-13-14-15-16-25-40-31(36)33-27-19-17-26(18-20-27)32-30(35)34-41(37,38)29-23-21-28(39-2)22-24-29/h17-24H,3-16,25H2,1-2H3,(H,33,36)(H2,32,34,35). The Morgan fingerprint density at radius 2 is 1.12 bits per heavy atom. The number of carbonyl (C=O) groups is 2. The van der Waals surface area contributed by atoms with Gasteiger partial charge in [0, 0.05) is 11.4 Å². The molecule has 9 nitrogen and oxygen atoms in total. The fraction of sp³-hybridized carbons (Fsp3) is 0.548. The van der Waals surface area contributed by atoms with Crippen molar-refractivity contribution in [3.8, 4) is 5.75 Å². The van der Waals surface area contributed by atoms with Crippen LogP contribution in [0.3, 0.4) is 0 Å². The van der Waals surface area contributed by atoms with Gasteiger partial charge in [-0.3, -0.25) is 5.32 Å². The Kier molecular flexibility index (Phi) is 16.3. The number of hydrogen-bond acceptors (Lipinski definition) is 6. The monoisotopic (exact) mass is 589 g/mol. The predicted octanol–water partition coefficient (Wildman–Crippen LogP) is 8.24. The number of hydrogen-bond donors (Lipinski definition) is 3. The van der Waals surface area contributed by atoms with Gasteiger partial charge in [0.15, 0.2) is 0 Å². The van der Waals surface area contributed by atoms with Gasteiger partial charge in [0.05, 0.1) is 18.6 Å². The van der Waals surface area contributed by atoms with Crippen LogP contribution in [0.4, 0.5) is 21.0 Å². The molecule has 0 spiro atoms. The first-order valence-corrected chi connectivity index (χ1v) is 16.3. The van der Waals surface area contributed by atoms with Crippen LogP contribution in [0.1, 0.15) is 96.8 Å². The molecular weight excluding hydrogens is 542 g/mol. The highest BCUT2D eigenvalue weighted by molar-refractivity contribution is 7.90. The molecule has 0 bridgehead atoms. The zero-order chi connectivity index (χ0) is 29.8. The third kappa shape index (κ3) is 14.8. The lowest BCUT2D eigenvalue weighted by Gasteiger charge is -2.10. The Hall–Kier alpha value is -3.27. The van der Waals surface area contributed by atoms with E-state index in [-0.39, 0.29) is 4.90 Å². The summed E-state index contributed by atoms with van der Waals surface area (Å²) < 4.78 is 37.0. The molecule has 0 saturated heterocycles. The Bertz CT molecular complexity index is 1120. The first kappa shape index (κ1) is 33.9. The van der Waals surface area contributed by atoms with Crippen LogP contribution in [0.2, 0.25) is 0 Å². The number of ether oxygens (including phenoxy) is 2. The molecule has 228 valence electrons. The van der Waals surface area contributed by atoms with Crippen molar-refractivity contribution >= 4 is 33.5 Å². The van der Waals surface area contributed by atoms with E-state index in [9.17, 15) is 18.0 Å². The molecule has 0 aliphatic heterocycles. The zero-order valence-electron chi connectivity index (χ0n) is 24.6. The fourth-order valence-corrected chi connectivity index (χ4v) is 5.25. The first-order chi connectivity index (χ1) is 19.8. The highest BCUT2D eigenvalue weighted by atomic mass is 32.2. The van der Waals surface area contributed by atoms with Crippen molar-refractivity contribution in [3.05, 3.63) is 48.5 Å². The summed E-state index contributed by atoms with van der Waals surface area (Å²) >= 11 is 0. The lowest BCUT2D eigenvalue weighted by Crippen LogP contribution is -2.34. The fourth-order valence-electron chi connectivity index (χ4n) is 4.34. The van der Waals surface area contributed by atoms with Crippen LogP contribution in [0.25, 0.3) is 0 Å². The molecule has 0 saturated carbocycles. The molecule has 10 heteroatoms. The number of urea groups is 1. The predicted molar refractivity (Wildman–Crippen MR) is 164 cm³/mol. The van der Waals surface area contributed by atoms with E-state index in [0.29, 0.717) is 23.7 Å². The number of sulfonamides is 1. The van der Waals surface area contributed by atoms with Gasteiger partial charge in [0.2, 0.25) is 0 Å². The van der Waals surface area contributed by atoms with E-state index < -0.39 is 22.1 Å². The van der Waals surface area contributed by atoms with Crippen molar-refractivity contribution in [2.45, 2.75) is 102 Å². The molecule has 0 atom stereocenters. The minimum atomic E-state index is -4.05. The molecule has 2 aromatic carbocycles. The molecule has 41 heavy (non-hydrogen) atoms. The van der Waals surface area contributed by atoms with Gasteiger partial charge >= 0.3 is 12.1 Å². The highest BCUT2D eigenvalue weighted by Crippen LogP contribution is 2.17. The van der Waals surface area contributed by atoms with E-state index in [1.165, 1.54) is 102 Å². The van der Waals surface area contributed by atoms with Gasteiger partial charge in [0.1, 0.15) is 5.75 Å². The number of methoxy groups -OCH3 is 1. The van der Waals surface area contributed by atoms with E-state index >= 15 is 0 Å². The maximum atomic E-state index is 12.4. The van der Waals surface area contributed by atoms with Gasteiger partial charge in [-0.25, -0.2) is 22.7 Å². The summed E-state index contributed by atoms with van der Waals surface area (Å²) in [6, 6.07) is 11.0. The minimum Gasteiger partial charge on any atom is -0.497 e. The second-order valence-electron chi connectivity index (χ2n) is 10.2. The number of unbranched alkanes of at least 4 members (excludes halogenated alkanes) is 13. The second-order valence-corrected chi connectivity index (χ2v) is 11.9. The summed E-state index contributed by atoms with van der Waals surface area (Å²) in [5, 5.41) is 5.10. The van der Waals surface area contributed by atoms with E-state index in [1.54, 1.807) is 24.3 Å². The van der Waals surface area contributed by atoms with E-state index in [1.807, 2.05) is 4.72 Å². The number of benzene rings is 2. The van der Waals surface area contributed by atoms with Gasteiger partial charge in [-0.2, -0.15) is 0 Å².